The molecule has 190 valence electrons. The zero-order chi connectivity index (χ0) is 25.4. The van der Waals surface area contributed by atoms with Crippen LogP contribution in [0.15, 0.2) is 42.6 Å². The lowest BCUT2D eigenvalue weighted by Crippen LogP contribution is -2.36. The summed E-state index contributed by atoms with van der Waals surface area (Å²) in [6.07, 6.45) is -0.512. The largest absolute Gasteiger partial charge is 0.395 e. The van der Waals surface area contributed by atoms with Gasteiger partial charge in [-0.3, -0.25) is 4.18 Å². The summed E-state index contributed by atoms with van der Waals surface area (Å²) in [6.45, 7) is 1.45. The van der Waals surface area contributed by atoms with E-state index in [4.69, 9.17) is 16.7 Å². The Hall–Kier alpha value is -2.32. The quantitative estimate of drug-likeness (QED) is 0.251. The number of aliphatic hydroxyl groups excluding tert-OH is 3. The molecule has 0 bridgehead atoms. The van der Waals surface area contributed by atoms with Gasteiger partial charge in [-0.25, -0.2) is 10.1 Å². The number of alkyl halides is 1. The molecule has 11 nitrogen and oxygen atoms in total. The molecular formula is C22H28ClN5O6S. The zero-order valence-electron chi connectivity index (χ0n) is 19.0. The molecule has 1 fully saturated rings. The Bertz CT molecular complexity index is 1300. The maximum atomic E-state index is 11.1. The summed E-state index contributed by atoms with van der Waals surface area (Å²) < 4.78 is 28.4. The van der Waals surface area contributed by atoms with Crippen molar-refractivity contribution in [2.24, 2.45) is 11.1 Å². The number of nitrogens with zero attached hydrogens (tertiary/aromatic N) is 3. The first-order chi connectivity index (χ1) is 16.5. The van der Waals surface area contributed by atoms with Gasteiger partial charge in [-0.15, -0.1) is 11.6 Å². The number of anilines is 1. The van der Waals surface area contributed by atoms with E-state index in [0.717, 1.165) is 11.1 Å². The van der Waals surface area contributed by atoms with E-state index in [2.05, 4.69) is 19.6 Å². The van der Waals surface area contributed by atoms with Gasteiger partial charge in [-0.1, -0.05) is 25.1 Å². The minimum atomic E-state index is -4.15. The molecule has 13 heteroatoms. The molecular weight excluding hydrogens is 498 g/mol. The summed E-state index contributed by atoms with van der Waals surface area (Å²) in [6, 6.07) is 10.5. The third-order valence-corrected chi connectivity index (χ3v) is 7.49. The predicted molar refractivity (Wildman–Crippen MR) is 130 cm³/mol. The number of benzene rings is 1. The lowest BCUT2D eigenvalue weighted by atomic mass is 9.84. The molecule has 1 aliphatic rings. The van der Waals surface area contributed by atoms with Gasteiger partial charge in [0.15, 0.2) is 5.65 Å². The van der Waals surface area contributed by atoms with E-state index in [1.54, 1.807) is 16.8 Å². The Morgan fingerprint density at radius 1 is 1.29 bits per heavy atom. The monoisotopic (exact) mass is 525 g/mol. The fourth-order valence-corrected chi connectivity index (χ4v) is 4.82. The molecule has 2 heterocycles. The first kappa shape index (κ1) is 25.8. The second kappa shape index (κ2) is 9.97. The van der Waals surface area contributed by atoms with Gasteiger partial charge >= 0.3 is 10.3 Å². The molecule has 5 atom stereocenters. The molecule has 35 heavy (non-hydrogen) atoms. The van der Waals surface area contributed by atoms with Crippen LogP contribution in [0, 0.1) is 5.92 Å². The minimum Gasteiger partial charge on any atom is -0.395 e. The summed E-state index contributed by atoms with van der Waals surface area (Å²) in [5.41, 5.74) is 2.31. The normalized spacial score (nSPS) is 24.5. The van der Waals surface area contributed by atoms with Gasteiger partial charge in [0, 0.05) is 35.0 Å². The van der Waals surface area contributed by atoms with Gasteiger partial charge in [0.25, 0.3) is 0 Å². The fraction of sp³-hybridized carbons (Fsp3) is 0.455. The molecule has 0 radical (unpaired) electrons. The fourth-order valence-electron chi connectivity index (χ4n) is 4.22. The zero-order valence-corrected chi connectivity index (χ0v) is 20.5. The van der Waals surface area contributed by atoms with E-state index < -0.39 is 39.9 Å². The highest BCUT2D eigenvalue weighted by Gasteiger charge is 2.42. The van der Waals surface area contributed by atoms with Gasteiger partial charge in [-0.05, 0) is 24.1 Å². The van der Waals surface area contributed by atoms with Crippen molar-refractivity contribution in [2.45, 2.75) is 37.0 Å². The maximum Gasteiger partial charge on any atom is 0.333 e. The Kier molecular flexibility index (Phi) is 7.34. The highest BCUT2D eigenvalue weighted by molar-refractivity contribution is 7.84. The SMILES string of the molecule is CC(CO)(CCl)c1cccc(-c2cc3nccc(N[C@@H]4C[C@H](COS(N)(=O)=O)[C@@H](O)[C@H]4O)n3n2)c1. The molecule has 0 spiro atoms. The van der Waals surface area contributed by atoms with E-state index >= 15 is 0 Å². The Balaban J connectivity index is 1.59. The van der Waals surface area contributed by atoms with Crippen molar-refractivity contribution in [3.8, 4) is 11.3 Å². The van der Waals surface area contributed by atoms with Gasteiger partial charge in [0.1, 0.15) is 11.9 Å². The van der Waals surface area contributed by atoms with E-state index in [1.165, 1.54) is 0 Å². The van der Waals surface area contributed by atoms with Crippen LogP contribution in [-0.4, -0.2) is 75.7 Å². The molecule has 0 saturated heterocycles. The van der Waals surface area contributed by atoms with Gasteiger partial charge in [0.05, 0.1) is 31.1 Å². The van der Waals surface area contributed by atoms with Crippen molar-refractivity contribution in [1.82, 2.24) is 14.6 Å². The van der Waals surface area contributed by atoms with Crippen LogP contribution in [0.2, 0.25) is 0 Å². The molecule has 3 aromatic rings. The third kappa shape index (κ3) is 5.43. The molecule has 1 aromatic carbocycles. The van der Waals surface area contributed by atoms with Crippen molar-refractivity contribution >= 4 is 33.4 Å². The van der Waals surface area contributed by atoms with Crippen LogP contribution in [0.1, 0.15) is 18.9 Å². The highest BCUT2D eigenvalue weighted by atomic mass is 35.5. The van der Waals surface area contributed by atoms with Crippen LogP contribution >= 0.6 is 11.6 Å². The van der Waals surface area contributed by atoms with Gasteiger partial charge < -0.3 is 20.6 Å². The van der Waals surface area contributed by atoms with Crippen LogP contribution in [0.3, 0.4) is 0 Å². The number of hydrogen-bond donors (Lipinski definition) is 5. The predicted octanol–water partition coefficient (Wildman–Crippen LogP) is 0.627. The number of rotatable bonds is 9. The molecule has 1 unspecified atom stereocenters. The van der Waals surface area contributed by atoms with Crippen LogP contribution in [-0.2, 0) is 19.9 Å². The first-order valence-corrected chi connectivity index (χ1v) is 13.0. The molecule has 1 saturated carbocycles. The van der Waals surface area contributed by atoms with Crippen LogP contribution in [0.25, 0.3) is 16.9 Å². The van der Waals surface area contributed by atoms with Crippen molar-refractivity contribution < 1.29 is 27.9 Å². The molecule has 1 aliphatic carbocycles. The van der Waals surface area contributed by atoms with Crippen molar-refractivity contribution in [1.29, 1.82) is 0 Å². The van der Waals surface area contributed by atoms with Crippen molar-refractivity contribution in [2.75, 3.05) is 24.4 Å². The second-order valence-corrected chi connectivity index (χ2v) is 10.6. The Morgan fingerprint density at radius 2 is 2.06 bits per heavy atom. The van der Waals surface area contributed by atoms with Crippen LogP contribution in [0.4, 0.5) is 5.82 Å². The maximum absolute atomic E-state index is 11.1. The summed E-state index contributed by atoms with van der Waals surface area (Å²) in [4.78, 5) is 4.36. The number of nitrogens with one attached hydrogen (secondary N) is 1. The Labute approximate surface area is 207 Å². The smallest absolute Gasteiger partial charge is 0.333 e. The molecule has 0 amide bonds. The first-order valence-electron chi connectivity index (χ1n) is 11.0. The topological polar surface area (TPSA) is 172 Å². The summed E-state index contributed by atoms with van der Waals surface area (Å²) >= 11 is 6.10. The Morgan fingerprint density at radius 3 is 2.74 bits per heavy atom. The van der Waals surface area contributed by atoms with E-state index in [1.807, 2.05) is 37.3 Å². The van der Waals surface area contributed by atoms with Gasteiger partial charge in [-0.2, -0.15) is 18.0 Å². The van der Waals surface area contributed by atoms with Crippen LogP contribution in [0.5, 0.6) is 0 Å². The molecule has 4 rings (SSSR count). The highest BCUT2D eigenvalue weighted by Crippen LogP contribution is 2.32. The minimum absolute atomic E-state index is 0.0977. The average Bonchev–Trinajstić information content (AvgIpc) is 3.39. The number of halogens is 1. The number of fused-ring (bicyclic) bond motifs is 1. The molecule has 0 aliphatic heterocycles. The average molecular weight is 526 g/mol. The molecule has 2 aromatic heterocycles. The third-order valence-electron chi connectivity index (χ3n) is 6.44. The summed E-state index contributed by atoms with van der Waals surface area (Å²) in [7, 11) is -4.15. The lowest BCUT2D eigenvalue weighted by molar-refractivity contribution is 0.00777. The number of aromatic nitrogens is 3. The second-order valence-electron chi connectivity index (χ2n) is 9.07. The standard InChI is InChI=1S/C22H28ClN5O6S/c1-22(11-23,12-29)15-4-2-3-13(7-15)16-9-19-25-6-5-18(28(19)27-16)26-17-8-14(20(30)21(17)31)10-34-35(24,32)33/h2-7,9,14,17,20-21,26,29-31H,8,10-12H2,1H3,(H2,24,32,33)/t14-,17-,20-,21+,22?/m1/s1. The van der Waals surface area contributed by atoms with Crippen molar-refractivity contribution in [3.05, 3.63) is 48.2 Å². The van der Waals surface area contributed by atoms with Crippen molar-refractivity contribution in [3.63, 3.8) is 0 Å². The van der Waals surface area contributed by atoms with E-state index in [9.17, 15) is 23.7 Å². The van der Waals surface area contributed by atoms with Gasteiger partial charge in [0.2, 0.25) is 0 Å². The lowest BCUT2D eigenvalue weighted by Gasteiger charge is -2.25. The molecule has 6 N–H and O–H groups in total. The van der Waals surface area contributed by atoms with E-state index in [0.29, 0.717) is 17.2 Å². The summed E-state index contributed by atoms with van der Waals surface area (Å²) in [5, 5.41) is 43.4. The summed E-state index contributed by atoms with van der Waals surface area (Å²) in [5.74, 6) is 0.159. The van der Waals surface area contributed by atoms with E-state index in [-0.39, 0.29) is 25.5 Å². The number of hydrogen-bond acceptors (Lipinski definition) is 9. The van der Waals surface area contributed by atoms with Crippen LogP contribution < -0.4 is 10.5 Å². The number of nitrogens with two attached hydrogens (primary N) is 1. The number of aliphatic hydroxyl groups is 3.